The topological polar surface area (TPSA) is 96.4 Å². The minimum absolute atomic E-state index is 0.0655. The first kappa shape index (κ1) is 20.1. The standard InChI is InChI=1S/C21H28N2O6/c1-4-13(11-24)23-17-19(26)22(12(2)3)9-6-8-21(17)16(18(23)25)15-14(29-21)7-5-10-28-20(15)27/h5-8,12-17,24H,4,9-11H2,1-3H3/t13-,14-,15+,16-,17?,21-/m0/s1. The Bertz CT molecular complexity index is 773. The summed E-state index contributed by atoms with van der Waals surface area (Å²) in [7, 11) is 0. The van der Waals surface area contributed by atoms with Gasteiger partial charge in [0, 0.05) is 12.6 Å². The molecule has 1 spiro atoms. The third-order valence-corrected chi connectivity index (χ3v) is 6.58. The maximum absolute atomic E-state index is 13.7. The zero-order chi connectivity index (χ0) is 20.9. The number of hydrogen-bond donors (Lipinski definition) is 1. The minimum Gasteiger partial charge on any atom is -0.461 e. The smallest absolute Gasteiger partial charge is 0.313 e. The summed E-state index contributed by atoms with van der Waals surface area (Å²) in [5, 5.41) is 9.94. The molecule has 8 nitrogen and oxygen atoms in total. The summed E-state index contributed by atoms with van der Waals surface area (Å²) in [6.45, 7) is 5.98. The molecule has 8 heteroatoms. The first-order valence-electron chi connectivity index (χ1n) is 10.3. The van der Waals surface area contributed by atoms with Gasteiger partial charge >= 0.3 is 5.97 Å². The summed E-state index contributed by atoms with van der Waals surface area (Å²) in [5.41, 5.74) is -1.25. The van der Waals surface area contributed by atoms with Crippen molar-refractivity contribution >= 4 is 17.8 Å². The molecule has 0 aromatic carbocycles. The maximum atomic E-state index is 13.7. The molecule has 158 valence electrons. The van der Waals surface area contributed by atoms with Gasteiger partial charge in [0.2, 0.25) is 11.8 Å². The van der Waals surface area contributed by atoms with Gasteiger partial charge < -0.3 is 24.4 Å². The normalized spacial score (nSPS) is 37.2. The molecule has 4 rings (SSSR count). The molecule has 0 bridgehead atoms. The van der Waals surface area contributed by atoms with Crippen LogP contribution in [0.25, 0.3) is 0 Å². The van der Waals surface area contributed by atoms with Gasteiger partial charge in [-0.05, 0) is 26.3 Å². The number of hydrogen-bond acceptors (Lipinski definition) is 6. The number of rotatable bonds is 4. The van der Waals surface area contributed by atoms with E-state index in [-0.39, 0.29) is 31.1 Å². The SMILES string of the molecule is CC[C@@H](CO)N1C(=O)[C@@H]2[C@@H]3C(=O)OCC=C[C@@H]3O[C@@]23C=CCN(C(C)C)C(=O)C13. The van der Waals surface area contributed by atoms with Crippen LogP contribution in [0.2, 0.25) is 0 Å². The van der Waals surface area contributed by atoms with Crippen molar-refractivity contribution in [1.82, 2.24) is 9.80 Å². The fourth-order valence-corrected chi connectivity index (χ4v) is 5.20. The molecule has 29 heavy (non-hydrogen) atoms. The zero-order valence-electron chi connectivity index (χ0n) is 17.0. The van der Waals surface area contributed by atoms with Crippen molar-refractivity contribution in [2.24, 2.45) is 11.8 Å². The van der Waals surface area contributed by atoms with Crippen LogP contribution in [-0.4, -0.2) is 82.3 Å². The molecule has 2 amide bonds. The Morgan fingerprint density at radius 2 is 2.00 bits per heavy atom. The average Bonchev–Trinajstić information content (AvgIpc) is 2.98. The summed E-state index contributed by atoms with van der Waals surface area (Å²) in [5.74, 6) is -2.71. The molecule has 0 aromatic heterocycles. The van der Waals surface area contributed by atoms with Crippen LogP contribution in [0.4, 0.5) is 0 Å². The van der Waals surface area contributed by atoms with Crippen molar-refractivity contribution in [1.29, 1.82) is 0 Å². The molecule has 0 aliphatic carbocycles. The van der Waals surface area contributed by atoms with E-state index in [1.54, 1.807) is 23.1 Å². The van der Waals surface area contributed by atoms with E-state index in [1.807, 2.05) is 26.8 Å². The number of carbonyl (C=O) groups excluding carboxylic acids is 3. The number of esters is 1. The van der Waals surface area contributed by atoms with Gasteiger partial charge in [0.1, 0.15) is 24.2 Å². The van der Waals surface area contributed by atoms with E-state index in [4.69, 9.17) is 9.47 Å². The van der Waals surface area contributed by atoms with E-state index >= 15 is 0 Å². The number of amides is 2. The van der Waals surface area contributed by atoms with Gasteiger partial charge in [-0.25, -0.2) is 0 Å². The van der Waals surface area contributed by atoms with Crippen molar-refractivity contribution < 1.29 is 29.0 Å². The van der Waals surface area contributed by atoms with E-state index in [0.29, 0.717) is 13.0 Å². The average molecular weight is 404 g/mol. The molecule has 6 atom stereocenters. The van der Waals surface area contributed by atoms with Gasteiger partial charge in [-0.1, -0.05) is 25.2 Å². The van der Waals surface area contributed by atoms with Crippen molar-refractivity contribution in [3.05, 3.63) is 24.3 Å². The quantitative estimate of drug-likeness (QED) is 0.533. The lowest BCUT2D eigenvalue weighted by molar-refractivity contribution is -0.155. The lowest BCUT2D eigenvalue weighted by Gasteiger charge is -2.39. The van der Waals surface area contributed by atoms with Crippen LogP contribution in [0, 0.1) is 11.8 Å². The fraction of sp³-hybridized carbons (Fsp3) is 0.667. The first-order chi connectivity index (χ1) is 13.9. The molecule has 4 heterocycles. The number of ether oxygens (including phenoxy) is 2. The highest BCUT2D eigenvalue weighted by molar-refractivity contribution is 5.99. The van der Waals surface area contributed by atoms with Crippen molar-refractivity contribution in [2.45, 2.75) is 57.0 Å². The second-order valence-corrected chi connectivity index (χ2v) is 8.38. The van der Waals surface area contributed by atoms with Gasteiger partial charge in [0.25, 0.3) is 0 Å². The van der Waals surface area contributed by atoms with E-state index in [0.717, 1.165) is 0 Å². The van der Waals surface area contributed by atoms with Gasteiger partial charge in [-0.3, -0.25) is 14.4 Å². The molecule has 4 aliphatic rings. The second kappa shape index (κ2) is 7.25. The minimum atomic E-state index is -1.25. The fourth-order valence-electron chi connectivity index (χ4n) is 5.20. The lowest BCUT2D eigenvalue weighted by Crippen LogP contribution is -2.58. The van der Waals surface area contributed by atoms with Crippen LogP contribution in [0.3, 0.4) is 0 Å². The van der Waals surface area contributed by atoms with Gasteiger partial charge in [0.05, 0.1) is 24.7 Å². The Labute approximate surface area is 170 Å². The number of nitrogens with zero attached hydrogens (tertiary/aromatic N) is 2. The molecule has 1 N–H and O–H groups in total. The second-order valence-electron chi connectivity index (χ2n) is 8.38. The van der Waals surface area contributed by atoms with Crippen LogP contribution in [0.1, 0.15) is 27.2 Å². The Balaban J connectivity index is 1.88. The molecular formula is C21H28N2O6. The molecule has 1 unspecified atom stereocenters. The van der Waals surface area contributed by atoms with E-state index in [2.05, 4.69) is 0 Å². The van der Waals surface area contributed by atoms with Crippen LogP contribution in [0.15, 0.2) is 24.3 Å². The van der Waals surface area contributed by atoms with Crippen LogP contribution in [-0.2, 0) is 23.9 Å². The Hall–Kier alpha value is -2.19. The number of aliphatic hydroxyl groups is 1. The molecule has 2 saturated heterocycles. The number of fused-ring (bicyclic) bond motifs is 2. The van der Waals surface area contributed by atoms with E-state index in [1.165, 1.54) is 4.90 Å². The monoisotopic (exact) mass is 404 g/mol. The summed E-state index contributed by atoms with van der Waals surface area (Å²) in [6.07, 6.45) is 6.97. The highest BCUT2D eigenvalue weighted by Crippen LogP contribution is 2.53. The van der Waals surface area contributed by atoms with E-state index in [9.17, 15) is 19.5 Å². The lowest BCUT2D eigenvalue weighted by atomic mass is 9.78. The summed E-state index contributed by atoms with van der Waals surface area (Å²) < 4.78 is 11.7. The number of aliphatic hydroxyl groups excluding tert-OH is 1. The van der Waals surface area contributed by atoms with Crippen LogP contribution >= 0.6 is 0 Å². The number of carbonyl (C=O) groups is 3. The van der Waals surface area contributed by atoms with Crippen molar-refractivity contribution in [2.75, 3.05) is 19.8 Å². The third kappa shape index (κ3) is 2.76. The Kier molecular flexibility index (Phi) is 5.02. The van der Waals surface area contributed by atoms with Crippen LogP contribution in [0.5, 0.6) is 0 Å². The Morgan fingerprint density at radius 1 is 1.24 bits per heavy atom. The predicted octanol–water partition coefficient (Wildman–Crippen LogP) is 0.258. The molecule has 2 fully saturated rings. The summed E-state index contributed by atoms with van der Waals surface area (Å²) in [6, 6.07) is -1.52. The number of cyclic esters (lactones) is 1. The van der Waals surface area contributed by atoms with Gasteiger partial charge in [-0.2, -0.15) is 0 Å². The predicted molar refractivity (Wildman–Crippen MR) is 102 cm³/mol. The maximum Gasteiger partial charge on any atom is 0.313 e. The van der Waals surface area contributed by atoms with Gasteiger partial charge in [0.15, 0.2) is 0 Å². The zero-order valence-corrected chi connectivity index (χ0v) is 17.0. The van der Waals surface area contributed by atoms with E-state index < -0.39 is 41.6 Å². The largest absolute Gasteiger partial charge is 0.461 e. The Morgan fingerprint density at radius 3 is 2.66 bits per heavy atom. The van der Waals surface area contributed by atoms with Crippen molar-refractivity contribution in [3.63, 3.8) is 0 Å². The summed E-state index contributed by atoms with van der Waals surface area (Å²) in [4.78, 5) is 43.2. The molecule has 0 saturated carbocycles. The molecule has 4 aliphatic heterocycles. The van der Waals surface area contributed by atoms with Crippen molar-refractivity contribution in [3.8, 4) is 0 Å². The highest BCUT2D eigenvalue weighted by Gasteiger charge is 2.72. The molecule has 0 radical (unpaired) electrons. The first-order valence-corrected chi connectivity index (χ1v) is 10.3. The van der Waals surface area contributed by atoms with Crippen LogP contribution < -0.4 is 0 Å². The summed E-state index contributed by atoms with van der Waals surface area (Å²) >= 11 is 0. The molecule has 0 aromatic rings. The third-order valence-electron chi connectivity index (χ3n) is 6.58. The molecular weight excluding hydrogens is 376 g/mol. The number of likely N-dealkylation sites (tertiary alicyclic amines) is 1. The van der Waals surface area contributed by atoms with Gasteiger partial charge in [-0.15, -0.1) is 0 Å². The highest BCUT2D eigenvalue weighted by atomic mass is 16.6.